The molecular formula is C3H12Cl2N2O. The molecule has 0 aliphatic carbocycles. The van der Waals surface area contributed by atoms with Gasteiger partial charge in [-0.1, -0.05) is 0 Å². The Morgan fingerprint density at radius 2 is 1.88 bits per heavy atom. The molecule has 0 aromatic rings. The highest BCUT2D eigenvalue weighted by Crippen LogP contribution is 1.62. The van der Waals surface area contributed by atoms with Gasteiger partial charge < -0.3 is 10.9 Å². The predicted octanol–water partition coefficient (Wildman–Crippen LogP) is 0.158. The quantitative estimate of drug-likeness (QED) is 0.410. The molecule has 54 valence electrons. The molecule has 0 saturated carbocycles. The number of halogens is 2. The van der Waals surface area contributed by atoms with Crippen LogP contribution in [0.25, 0.3) is 0 Å². The Morgan fingerprint density at radius 3 is 2.00 bits per heavy atom. The largest absolute Gasteiger partial charge is 0.330 e. The van der Waals surface area contributed by atoms with Crippen molar-refractivity contribution >= 4 is 24.8 Å². The van der Waals surface area contributed by atoms with Crippen LogP contribution in [0.4, 0.5) is 0 Å². The summed E-state index contributed by atoms with van der Waals surface area (Å²) in [5.41, 5.74) is 7.05. The van der Waals surface area contributed by atoms with Gasteiger partial charge in [0.2, 0.25) is 0 Å². The van der Waals surface area contributed by atoms with Crippen molar-refractivity contribution in [2.75, 3.05) is 13.1 Å². The van der Waals surface area contributed by atoms with Crippen molar-refractivity contribution in [3.05, 3.63) is 0 Å². The molecule has 0 aromatic heterocycles. The minimum Gasteiger partial charge on any atom is -0.330 e. The molecule has 5 heteroatoms. The highest BCUT2D eigenvalue weighted by atomic mass is 35.5. The molecule has 0 atom stereocenters. The molecule has 0 aliphatic heterocycles. The van der Waals surface area contributed by atoms with Gasteiger partial charge in [-0.25, -0.2) is 5.48 Å². The monoisotopic (exact) mass is 162 g/mol. The second-order valence-electron chi connectivity index (χ2n) is 1.05. The zero-order valence-corrected chi connectivity index (χ0v) is 6.10. The first kappa shape index (κ1) is 15.8. The molecule has 0 rings (SSSR count). The molecule has 0 radical (unpaired) electrons. The summed E-state index contributed by atoms with van der Waals surface area (Å²) in [5, 5.41) is 7.89. The smallest absolute Gasteiger partial charge is 0.0219 e. The van der Waals surface area contributed by atoms with Crippen LogP contribution in [-0.4, -0.2) is 18.3 Å². The van der Waals surface area contributed by atoms with E-state index >= 15 is 0 Å². The SMILES string of the molecule is Cl.Cl.NCCCNO. The summed E-state index contributed by atoms with van der Waals surface area (Å²) in [7, 11) is 0. The van der Waals surface area contributed by atoms with E-state index in [9.17, 15) is 0 Å². The average molecular weight is 163 g/mol. The molecule has 4 N–H and O–H groups in total. The van der Waals surface area contributed by atoms with Crippen LogP contribution >= 0.6 is 24.8 Å². The first-order valence-electron chi connectivity index (χ1n) is 1.99. The molecule has 0 spiro atoms. The number of hydroxylamine groups is 1. The van der Waals surface area contributed by atoms with Crippen LogP contribution in [-0.2, 0) is 0 Å². The van der Waals surface area contributed by atoms with Crippen LogP contribution in [0.1, 0.15) is 6.42 Å². The maximum absolute atomic E-state index is 7.89. The van der Waals surface area contributed by atoms with Gasteiger partial charge in [-0.05, 0) is 13.0 Å². The van der Waals surface area contributed by atoms with Crippen molar-refractivity contribution in [1.82, 2.24) is 5.48 Å². The lowest BCUT2D eigenvalue weighted by atomic mass is 10.4. The van der Waals surface area contributed by atoms with Gasteiger partial charge in [0.15, 0.2) is 0 Å². The zero-order chi connectivity index (χ0) is 4.83. The van der Waals surface area contributed by atoms with Crippen molar-refractivity contribution in [2.24, 2.45) is 5.73 Å². The van der Waals surface area contributed by atoms with E-state index < -0.39 is 0 Å². The summed E-state index contributed by atoms with van der Waals surface area (Å²) in [6, 6.07) is 0. The Bertz CT molecular complexity index is 27.2. The summed E-state index contributed by atoms with van der Waals surface area (Å²) in [6.07, 6.45) is 0.830. The fraction of sp³-hybridized carbons (Fsp3) is 1.00. The van der Waals surface area contributed by atoms with Gasteiger partial charge in [0.25, 0.3) is 0 Å². The minimum atomic E-state index is 0. The van der Waals surface area contributed by atoms with E-state index in [-0.39, 0.29) is 24.8 Å². The van der Waals surface area contributed by atoms with Crippen molar-refractivity contribution in [3.63, 3.8) is 0 Å². The van der Waals surface area contributed by atoms with Crippen molar-refractivity contribution in [3.8, 4) is 0 Å². The third kappa shape index (κ3) is 16.1. The van der Waals surface area contributed by atoms with Crippen LogP contribution in [0, 0.1) is 0 Å². The molecule has 0 aromatic carbocycles. The molecule has 0 aliphatic rings. The highest BCUT2D eigenvalue weighted by molar-refractivity contribution is 5.85. The fourth-order valence-electron chi connectivity index (χ4n) is 0.181. The standard InChI is InChI=1S/C3H10N2O.2ClH/c4-2-1-3-5-6;;/h5-6H,1-4H2;2*1H. The van der Waals surface area contributed by atoms with Gasteiger partial charge in [0.1, 0.15) is 0 Å². The normalized spacial score (nSPS) is 6.75. The van der Waals surface area contributed by atoms with Crippen molar-refractivity contribution in [1.29, 1.82) is 0 Å². The van der Waals surface area contributed by atoms with Gasteiger partial charge in [-0.15, -0.1) is 24.8 Å². The number of nitrogens with one attached hydrogen (secondary N) is 1. The fourth-order valence-corrected chi connectivity index (χ4v) is 0.181. The summed E-state index contributed by atoms with van der Waals surface area (Å²) in [5.74, 6) is 0. The first-order chi connectivity index (χ1) is 2.91. The number of hydrogen-bond donors (Lipinski definition) is 3. The lowest BCUT2D eigenvalue weighted by Gasteiger charge is -1.89. The van der Waals surface area contributed by atoms with Crippen LogP contribution < -0.4 is 11.2 Å². The average Bonchev–Trinajstić information content (AvgIpc) is 1.61. The Labute approximate surface area is 61.4 Å². The van der Waals surface area contributed by atoms with Crippen molar-refractivity contribution in [2.45, 2.75) is 6.42 Å². The van der Waals surface area contributed by atoms with Gasteiger partial charge >= 0.3 is 0 Å². The summed E-state index contributed by atoms with van der Waals surface area (Å²) in [4.78, 5) is 0. The van der Waals surface area contributed by atoms with Crippen LogP contribution in [0.3, 0.4) is 0 Å². The summed E-state index contributed by atoms with van der Waals surface area (Å²) in [6.45, 7) is 1.23. The maximum Gasteiger partial charge on any atom is 0.0219 e. The van der Waals surface area contributed by atoms with E-state index in [0.717, 1.165) is 6.42 Å². The van der Waals surface area contributed by atoms with E-state index in [2.05, 4.69) is 0 Å². The number of hydrogen-bond acceptors (Lipinski definition) is 3. The molecule has 0 bridgehead atoms. The first-order valence-corrected chi connectivity index (χ1v) is 1.99. The molecule has 3 nitrogen and oxygen atoms in total. The Kier molecular flexibility index (Phi) is 30.9. The molecule has 0 heterocycles. The van der Waals surface area contributed by atoms with E-state index in [1.165, 1.54) is 0 Å². The molecule has 0 amide bonds. The highest BCUT2D eigenvalue weighted by Gasteiger charge is 1.74. The Morgan fingerprint density at radius 1 is 1.38 bits per heavy atom. The Hall–Kier alpha value is 0.460. The topological polar surface area (TPSA) is 58.3 Å². The second kappa shape index (κ2) is 15.7. The lowest BCUT2D eigenvalue weighted by molar-refractivity contribution is 0.166. The van der Waals surface area contributed by atoms with Crippen LogP contribution in [0.5, 0.6) is 0 Å². The molecule has 0 unspecified atom stereocenters. The molecule has 8 heavy (non-hydrogen) atoms. The van der Waals surface area contributed by atoms with Crippen LogP contribution in [0.15, 0.2) is 0 Å². The number of nitrogens with two attached hydrogens (primary N) is 1. The maximum atomic E-state index is 7.89. The van der Waals surface area contributed by atoms with E-state index in [0.29, 0.717) is 13.1 Å². The summed E-state index contributed by atoms with van der Waals surface area (Å²) < 4.78 is 0. The number of rotatable bonds is 3. The van der Waals surface area contributed by atoms with E-state index in [1.54, 1.807) is 0 Å². The van der Waals surface area contributed by atoms with Gasteiger partial charge in [-0.2, -0.15) is 0 Å². The van der Waals surface area contributed by atoms with Gasteiger partial charge in [0.05, 0.1) is 0 Å². The van der Waals surface area contributed by atoms with Gasteiger partial charge in [-0.3, -0.25) is 0 Å². The van der Waals surface area contributed by atoms with Gasteiger partial charge in [0, 0.05) is 6.54 Å². The van der Waals surface area contributed by atoms with E-state index in [4.69, 9.17) is 10.9 Å². The molecule has 0 fully saturated rings. The van der Waals surface area contributed by atoms with Crippen LogP contribution in [0.2, 0.25) is 0 Å². The molecular weight excluding hydrogens is 151 g/mol. The van der Waals surface area contributed by atoms with Crippen molar-refractivity contribution < 1.29 is 5.21 Å². The van der Waals surface area contributed by atoms with E-state index in [1.807, 2.05) is 5.48 Å². The third-order valence-electron chi connectivity index (χ3n) is 0.493. The summed E-state index contributed by atoms with van der Waals surface area (Å²) >= 11 is 0. The molecule has 0 saturated heterocycles. The lowest BCUT2D eigenvalue weighted by Crippen LogP contribution is -2.13. The second-order valence-corrected chi connectivity index (χ2v) is 1.05. The predicted molar refractivity (Wildman–Crippen MR) is 38.0 cm³/mol. The minimum absolute atomic E-state index is 0. The third-order valence-corrected chi connectivity index (χ3v) is 0.493. The Balaban J connectivity index is -0.000000125. The zero-order valence-electron chi connectivity index (χ0n) is 4.46.